The van der Waals surface area contributed by atoms with Crippen molar-refractivity contribution in [2.45, 2.75) is 53.0 Å². The minimum absolute atomic E-state index is 0.140. The smallest absolute Gasteiger partial charge is 0.237 e. The molecule has 0 aromatic carbocycles. The zero-order valence-electron chi connectivity index (χ0n) is 16.2. The van der Waals surface area contributed by atoms with E-state index >= 15 is 0 Å². The van der Waals surface area contributed by atoms with Crippen LogP contribution < -0.4 is 16.4 Å². The predicted octanol–water partition coefficient (Wildman–Crippen LogP) is 2.84. The Labute approximate surface area is 151 Å². The molecule has 0 aromatic rings. The lowest BCUT2D eigenvalue weighted by Gasteiger charge is -2.26. The van der Waals surface area contributed by atoms with Crippen LogP contribution in [0, 0.1) is 5.41 Å². The standard InChI is InChI=1S/C19H33N5O/c1-6-15-8-7-10-23-18(25-11-9-20)17(24-19(3,4)5)14(2)12-22-13-16(15)21/h6,10,12,21-22,24H,7-9,11,13,20H2,1-5H3/b14-12+,15-6-,18-17-,21-16?,23-10-. The second kappa shape index (κ2) is 10.0. The van der Waals surface area contributed by atoms with Gasteiger partial charge in [-0.05, 0) is 58.6 Å². The van der Waals surface area contributed by atoms with Gasteiger partial charge in [-0.2, -0.15) is 0 Å². The lowest BCUT2D eigenvalue weighted by Crippen LogP contribution is -2.36. The molecule has 1 aliphatic heterocycles. The Morgan fingerprint density at radius 2 is 2.16 bits per heavy atom. The normalized spacial score (nSPS) is 25.3. The third-order valence-electron chi connectivity index (χ3n) is 3.55. The summed E-state index contributed by atoms with van der Waals surface area (Å²) in [5.41, 5.74) is 8.90. The molecule has 0 radical (unpaired) electrons. The molecule has 0 fully saturated rings. The van der Waals surface area contributed by atoms with E-state index in [2.05, 4.69) is 36.4 Å². The molecule has 0 aliphatic carbocycles. The Hall–Kier alpha value is -2.08. The summed E-state index contributed by atoms with van der Waals surface area (Å²) in [6, 6.07) is 0. The molecule has 5 N–H and O–H groups in total. The summed E-state index contributed by atoms with van der Waals surface area (Å²) in [6.45, 7) is 11.6. The molecule has 0 bridgehead atoms. The molecule has 0 spiro atoms. The van der Waals surface area contributed by atoms with Gasteiger partial charge in [-0.15, -0.1) is 0 Å². The summed E-state index contributed by atoms with van der Waals surface area (Å²) in [5, 5.41) is 14.9. The van der Waals surface area contributed by atoms with E-state index < -0.39 is 0 Å². The van der Waals surface area contributed by atoms with Gasteiger partial charge in [0.15, 0.2) is 0 Å². The van der Waals surface area contributed by atoms with Crippen molar-refractivity contribution in [3.8, 4) is 0 Å². The fourth-order valence-corrected chi connectivity index (χ4v) is 2.35. The summed E-state index contributed by atoms with van der Waals surface area (Å²) in [5.74, 6) is 0.550. The monoisotopic (exact) mass is 347 g/mol. The molecule has 0 unspecified atom stereocenters. The fraction of sp³-hybridized carbons (Fsp3) is 0.579. The average Bonchev–Trinajstić information content (AvgIpc) is 2.53. The van der Waals surface area contributed by atoms with Crippen molar-refractivity contribution < 1.29 is 4.74 Å². The van der Waals surface area contributed by atoms with Crippen molar-refractivity contribution in [3.05, 3.63) is 35.0 Å². The summed E-state index contributed by atoms with van der Waals surface area (Å²) >= 11 is 0. The van der Waals surface area contributed by atoms with Crippen LogP contribution >= 0.6 is 0 Å². The Balaban J connectivity index is 3.26. The maximum absolute atomic E-state index is 8.20. The number of nitrogens with two attached hydrogens (primary N) is 1. The largest absolute Gasteiger partial charge is 0.475 e. The van der Waals surface area contributed by atoms with Gasteiger partial charge in [0.1, 0.15) is 12.3 Å². The van der Waals surface area contributed by atoms with Crippen LogP contribution in [0.4, 0.5) is 0 Å². The highest BCUT2D eigenvalue weighted by atomic mass is 16.5. The molecular formula is C19H33N5O. The van der Waals surface area contributed by atoms with Gasteiger partial charge in [-0.1, -0.05) is 6.08 Å². The molecule has 0 saturated carbocycles. The number of hydrogen-bond donors (Lipinski definition) is 4. The molecule has 25 heavy (non-hydrogen) atoms. The highest BCUT2D eigenvalue weighted by molar-refractivity contribution is 5.99. The van der Waals surface area contributed by atoms with Crippen molar-refractivity contribution in [2.24, 2.45) is 10.7 Å². The lowest BCUT2D eigenvalue weighted by molar-refractivity contribution is 0.212. The molecule has 1 rings (SSSR count). The summed E-state index contributed by atoms with van der Waals surface area (Å²) < 4.78 is 5.81. The van der Waals surface area contributed by atoms with Crippen molar-refractivity contribution in [3.63, 3.8) is 0 Å². The fourth-order valence-electron chi connectivity index (χ4n) is 2.35. The van der Waals surface area contributed by atoms with E-state index in [4.69, 9.17) is 15.9 Å². The van der Waals surface area contributed by atoms with Crippen LogP contribution in [0.15, 0.2) is 40.0 Å². The molecular weight excluding hydrogens is 314 g/mol. The van der Waals surface area contributed by atoms with E-state index in [1.165, 1.54) is 0 Å². The predicted molar refractivity (Wildman–Crippen MR) is 106 cm³/mol. The van der Waals surface area contributed by atoms with Gasteiger partial charge in [-0.3, -0.25) is 0 Å². The molecule has 1 aliphatic rings. The second-order valence-electron chi connectivity index (χ2n) is 7.04. The quantitative estimate of drug-likeness (QED) is 0.629. The third-order valence-corrected chi connectivity index (χ3v) is 3.55. The lowest BCUT2D eigenvalue weighted by atomic mass is 10.0. The number of nitrogens with one attached hydrogen (secondary N) is 3. The number of ether oxygens (including phenoxy) is 1. The van der Waals surface area contributed by atoms with Gasteiger partial charge < -0.3 is 26.5 Å². The molecule has 0 atom stereocenters. The van der Waals surface area contributed by atoms with E-state index in [1.807, 2.05) is 32.3 Å². The Morgan fingerprint density at radius 1 is 1.44 bits per heavy atom. The zero-order valence-corrected chi connectivity index (χ0v) is 16.2. The Kier molecular flexibility index (Phi) is 8.41. The van der Waals surface area contributed by atoms with Crippen LogP contribution in [0.25, 0.3) is 0 Å². The molecule has 0 aromatic heterocycles. The minimum atomic E-state index is -0.140. The van der Waals surface area contributed by atoms with Crippen molar-refractivity contribution in [1.29, 1.82) is 5.41 Å². The van der Waals surface area contributed by atoms with Crippen LogP contribution in [0.5, 0.6) is 0 Å². The van der Waals surface area contributed by atoms with Gasteiger partial charge in [0.2, 0.25) is 5.88 Å². The first-order chi connectivity index (χ1) is 11.8. The van der Waals surface area contributed by atoms with Crippen LogP contribution in [0.3, 0.4) is 0 Å². The molecule has 6 heteroatoms. The molecule has 1 heterocycles. The SMILES string of the molecule is C/C=C1/CC\C=N/C(OCCN)=C(NC(C)(C)C)\C(C)=C\NCC1=N. The number of aliphatic imine (C=N–C) groups is 1. The van der Waals surface area contributed by atoms with Crippen molar-refractivity contribution >= 4 is 11.9 Å². The van der Waals surface area contributed by atoms with Gasteiger partial charge in [0.25, 0.3) is 0 Å². The van der Waals surface area contributed by atoms with Crippen molar-refractivity contribution in [2.75, 3.05) is 19.7 Å². The molecule has 0 saturated heterocycles. The maximum Gasteiger partial charge on any atom is 0.237 e. The van der Waals surface area contributed by atoms with Crippen LogP contribution in [-0.4, -0.2) is 37.2 Å². The van der Waals surface area contributed by atoms with Gasteiger partial charge >= 0.3 is 0 Å². The van der Waals surface area contributed by atoms with Gasteiger partial charge in [0, 0.05) is 24.5 Å². The summed E-state index contributed by atoms with van der Waals surface area (Å²) in [7, 11) is 0. The Morgan fingerprint density at radius 3 is 2.76 bits per heavy atom. The molecule has 140 valence electrons. The molecule has 0 amide bonds. The summed E-state index contributed by atoms with van der Waals surface area (Å²) in [4.78, 5) is 4.55. The topological polar surface area (TPSA) is 95.5 Å². The minimum Gasteiger partial charge on any atom is -0.475 e. The average molecular weight is 348 g/mol. The number of hydrogen-bond acceptors (Lipinski definition) is 6. The molecule has 6 nitrogen and oxygen atoms in total. The third kappa shape index (κ3) is 7.56. The highest BCUT2D eigenvalue weighted by Crippen LogP contribution is 2.18. The van der Waals surface area contributed by atoms with E-state index in [9.17, 15) is 0 Å². The second-order valence-corrected chi connectivity index (χ2v) is 7.04. The van der Waals surface area contributed by atoms with Gasteiger partial charge in [0.05, 0.1) is 12.3 Å². The first-order valence-electron chi connectivity index (χ1n) is 8.80. The number of allylic oxidation sites excluding steroid dienone is 2. The highest BCUT2D eigenvalue weighted by Gasteiger charge is 2.18. The van der Waals surface area contributed by atoms with Crippen molar-refractivity contribution in [1.82, 2.24) is 10.6 Å². The van der Waals surface area contributed by atoms with E-state index in [0.717, 1.165) is 29.7 Å². The van der Waals surface area contributed by atoms with E-state index in [-0.39, 0.29) is 5.54 Å². The first kappa shape index (κ1) is 21.0. The van der Waals surface area contributed by atoms with Crippen LogP contribution in [-0.2, 0) is 4.74 Å². The zero-order chi connectivity index (χ0) is 18.9. The van der Waals surface area contributed by atoms with E-state index in [1.54, 1.807) is 0 Å². The van der Waals surface area contributed by atoms with Crippen LogP contribution in [0.2, 0.25) is 0 Å². The Bertz CT molecular complexity index is 579. The van der Waals surface area contributed by atoms with Crippen LogP contribution in [0.1, 0.15) is 47.5 Å². The van der Waals surface area contributed by atoms with Gasteiger partial charge in [-0.25, -0.2) is 4.99 Å². The maximum atomic E-state index is 8.20. The number of rotatable bonds is 4. The van der Waals surface area contributed by atoms with E-state index in [0.29, 0.717) is 31.3 Å². The summed E-state index contributed by atoms with van der Waals surface area (Å²) in [6.07, 6.45) is 7.29. The number of nitrogens with zero attached hydrogens (tertiary/aromatic N) is 1. The first-order valence-corrected chi connectivity index (χ1v) is 8.80.